The number of carbonyl (C=O) groups is 6. The van der Waals surface area contributed by atoms with Crippen LogP contribution in [0.25, 0.3) is 0 Å². The lowest BCUT2D eigenvalue weighted by molar-refractivity contribution is -0.270. The zero-order valence-electron chi connectivity index (χ0n) is 58.5. The average Bonchev–Trinajstić information content (AvgIpc) is 1.51. The van der Waals surface area contributed by atoms with Crippen LogP contribution in [0.5, 0.6) is 0 Å². The molecule has 17 unspecified atom stereocenters. The van der Waals surface area contributed by atoms with E-state index >= 15 is 0 Å². The molecular weight excluding hydrogens is 1350 g/mol. The second-order valence-electron chi connectivity index (χ2n) is 27.0. The highest BCUT2D eigenvalue weighted by Gasteiger charge is 2.49. The molecule has 6 rings (SSSR count). The Hall–Kier alpha value is -3.46. The number of hydrogen-bond acceptors (Lipinski definition) is 28. The number of ether oxygens (including phenoxy) is 7. The van der Waals surface area contributed by atoms with Crippen molar-refractivity contribution < 1.29 is 135 Å². The lowest BCUT2D eigenvalue weighted by Gasteiger charge is -2.42. The Balaban J connectivity index is 1.08. The third-order valence-electron chi connectivity index (χ3n) is 18.1. The number of unbranched alkanes of at least 4 members (excludes halogenated alkanes) is 3. The Morgan fingerprint density at radius 1 is 0.485 bits per heavy atom. The van der Waals surface area contributed by atoms with E-state index in [2.05, 4.69) is 28.5 Å². The molecule has 0 aromatic carbocycles. The van der Waals surface area contributed by atoms with Crippen molar-refractivity contribution in [3.63, 3.8) is 0 Å². The summed E-state index contributed by atoms with van der Waals surface area (Å²) < 4.78 is 78.9. The number of amides is 6. The van der Waals surface area contributed by atoms with Crippen molar-refractivity contribution >= 4 is 63.2 Å². The van der Waals surface area contributed by atoms with E-state index in [4.69, 9.17) is 60.3 Å². The summed E-state index contributed by atoms with van der Waals surface area (Å²) in [6, 6.07) is -4.71. The van der Waals surface area contributed by atoms with Crippen molar-refractivity contribution in [1.82, 2.24) is 30.7 Å². The van der Waals surface area contributed by atoms with Gasteiger partial charge in [-0.25, -0.2) is 0 Å². The topological polar surface area (TPSA) is 450 Å². The number of nitrogens with one attached hydrogen (secondary N) is 3. The third-order valence-corrected chi connectivity index (χ3v) is 21.6. The summed E-state index contributed by atoms with van der Waals surface area (Å²) in [5, 5.41) is 100. The van der Waals surface area contributed by atoms with Gasteiger partial charge in [0.15, 0.2) is 18.9 Å². The Morgan fingerprint density at radius 3 is 1.08 bits per heavy atom. The lowest BCUT2D eigenvalue weighted by atomic mass is 9.97. The summed E-state index contributed by atoms with van der Waals surface area (Å²) >= 11 is 0. The summed E-state index contributed by atoms with van der Waals surface area (Å²) in [4.78, 5) is 83.2. The summed E-state index contributed by atoms with van der Waals surface area (Å²) in [6.45, 7) is 10.1. The minimum absolute atomic E-state index is 0.00316. The van der Waals surface area contributed by atoms with E-state index in [1.807, 2.05) is 27.7 Å². The summed E-state index contributed by atoms with van der Waals surface area (Å²) in [6.07, 6.45) is -4.95. The van der Waals surface area contributed by atoms with Crippen LogP contribution >= 0.6 is 15.1 Å². The van der Waals surface area contributed by atoms with Crippen molar-refractivity contribution in [1.29, 1.82) is 0 Å². The highest BCUT2D eigenvalue weighted by Crippen LogP contribution is 2.53. The van der Waals surface area contributed by atoms with Crippen LogP contribution < -0.4 is 16.0 Å². The molecule has 0 bridgehead atoms. The molecular formula is C63H112N6O28P2. The van der Waals surface area contributed by atoms with Crippen LogP contribution in [-0.2, 0) is 89.1 Å². The molecule has 0 aromatic rings. The Bertz CT molecular complexity index is 2670. The molecule has 0 spiro atoms. The van der Waals surface area contributed by atoms with Crippen molar-refractivity contribution in [2.45, 2.75) is 266 Å². The van der Waals surface area contributed by atoms with E-state index in [0.717, 1.165) is 0 Å². The van der Waals surface area contributed by atoms with Crippen molar-refractivity contribution in [3.05, 3.63) is 0 Å². The Morgan fingerprint density at radius 2 is 0.788 bits per heavy atom. The maximum atomic E-state index is 14.4. The van der Waals surface area contributed by atoms with Crippen molar-refractivity contribution in [3.8, 4) is 0 Å². The van der Waals surface area contributed by atoms with Crippen molar-refractivity contribution in [2.75, 3.05) is 86.7 Å². The predicted octanol–water partition coefficient (Wildman–Crippen LogP) is -1.74. The van der Waals surface area contributed by atoms with Gasteiger partial charge < -0.3 is 137 Å². The fourth-order valence-corrected chi connectivity index (χ4v) is 15.6. The van der Waals surface area contributed by atoms with Crippen LogP contribution in [0, 0.1) is 0 Å². The molecule has 6 amide bonds. The molecule has 23 atom stereocenters. The third kappa shape index (κ3) is 24.6. The van der Waals surface area contributed by atoms with Gasteiger partial charge in [0.05, 0.1) is 69.0 Å². The standard InChI is InChI=1S/C63H112N6O28P2/c1-12-39-25-43(29-67(39)48(76)19-13-16-22-87-60-51(64-36(2)73)57(82)54(79)45(31-70)92-60)96-98(10,85-8)91-35-41-27-44(30-69(41)50(78)21-15-18-24-89-62-53(66-38(4)75)59(84)56(81)47(33-72)94-62)97-99(11,86-9)90-34-40-26-42(95-63(5,6)7)28-68(40)49(77)20-14-17-23-88-61-52(65-37(3)74)58(83)55(80)46(32-71)93-61/h39-47,51-62,70-72,79-84H,10-35H2,1-9H3,(H,64,73)(H,65,74)(H,66,75)/t39-,40+,41+,42-,43-,44-,45?,46?,47?,51?,52?,53?,54?,55?,56?,57?,58?,59?,60?,61?,62?,98?,99?/m1/s1. The number of hydrogen-bond donors (Lipinski definition) is 12. The number of aliphatic hydroxyl groups excluding tert-OH is 9. The number of rotatable bonds is 38. The van der Waals surface area contributed by atoms with Gasteiger partial charge in [-0.15, -0.1) is 0 Å². The molecule has 6 aliphatic heterocycles. The molecule has 0 saturated carbocycles. The van der Waals surface area contributed by atoms with Gasteiger partial charge >= 0.3 is 0 Å². The molecule has 6 heterocycles. The van der Waals surface area contributed by atoms with Gasteiger partial charge in [0.1, 0.15) is 73.1 Å². The van der Waals surface area contributed by atoms with Crippen molar-refractivity contribution in [2.24, 2.45) is 0 Å². The van der Waals surface area contributed by atoms with Crippen LogP contribution in [0.2, 0.25) is 0 Å². The summed E-state index contributed by atoms with van der Waals surface area (Å²) in [7, 11) is -4.11. The summed E-state index contributed by atoms with van der Waals surface area (Å²) in [5.74, 6) is -2.10. The highest BCUT2D eigenvalue weighted by atomic mass is 31.2. The predicted molar refractivity (Wildman–Crippen MR) is 355 cm³/mol. The lowest BCUT2D eigenvalue weighted by Crippen LogP contribution is -2.64. The van der Waals surface area contributed by atoms with Gasteiger partial charge in [-0.2, -0.15) is 0 Å². The van der Waals surface area contributed by atoms with E-state index < -0.39 is 174 Å². The first-order valence-electron chi connectivity index (χ1n) is 34.1. The largest absolute Gasteiger partial charge is 0.394 e. The fourth-order valence-electron chi connectivity index (χ4n) is 13.1. The maximum Gasteiger partial charge on any atom is 0.250 e. The van der Waals surface area contributed by atoms with Crippen LogP contribution in [-0.4, -0.2) is 329 Å². The minimum Gasteiger partial charge on any atom is -0.394 e. The molecule has 0 radical (unpaired) electrons. The van der Waals surface area contributed by atoms with Crippen LogP contribution in [0.15, 0.2) is 0 Å². The molecule has 6 saturated heterocycles. The fraction of sp³-hybridized carbons (Fsp3) is 0.873. The quantitative estimate of drug-likeness (QED) is 0.0241. The molecule has 12 N–H and O–H groups in total. The molecule has 0 aromatic heterocycles. The average molecular weight is 1460 g/mol. The number of aliphatic hydroxyl groups is 9. The molecule has 99 heavy (non-hydrogen) atoms. The maximum absolute atomic E-state index is 14.4. The van der Waals surface area contributed by atoms with Gasteiger partial charge in [-0.3, -0.25) is 28.8 Å². The minimum atomic E-state index is -3.48. The van der Waals surface area contributed by atoms with Gasteiger partial charge in [0.25, 0.3) is 15.1 Å². The zero-order chi connectivity index (χ0) is 73.1. The Labute approximate surface area is 579 Å². The molecule has 572 valence electrons. The molecule has 6 fully saturated rings. The number of carbonyl (C=O) groups excluding carboxylic acids is 6. The smallest absolute Gasteiger partial charge is 0.250 e. The van der Waals surface area contributed by atoms with E-state index in [1.54, 1.807) is 14.7 Å². The van der Waals surface area contributed by atoms with Gasteiger partial charge in [-0.1, -0.05) is 6.92 Å². The van der Waals surface area contributed by atoms with E-state index in [9.17, 15) is 74.7 Å². The molecule has 36 heteroatoms. The highest BCUT2D eigenvalue weighted by molar-refractivity contribution is 7.59. The number of nitrogens with zero attached hydrogens (tertiary/aromatic N) is 3. The Kier molecular flexibility index (Phi) is 33.8. The van der Waals surface area contributed by atoms with Crippen LogP contribution in [0.3, 0.4) is 0 Å². The second-order valence-corrected chi connectivity index (χ2v) is 31.1. The zero-order valence-corrected chi connectivity index (χ0v) is 60.3. The van der Waals surface area contributed by atoms with E-state index in [-0.39, 0.29) is 108 Å². The number of likely N-dealkylation sites (tertiary alicyclic amines) is 3. The van der Waals surface area contributed by atoms with Gasteiger partial charge in [0.2, 0.25) is 35.4 Å². The van der Waals surface area contributed by atoms with Crippen LogP contribution in [0.1, 0.15) is 132 Å². The van der Waals surface area contributed by atoms with Gasteiger partial charge in [0, 0.05) is 99.8 Å². The van der Waals surface area contributed by atoms with E-state index in [1.165, 1.54) is 35.0 Å². The molecule has 34 nitrogen and oxygen atoms in total. The second kappa shape index (κ2) is 39.6. The molecule has 6 aliphatic rings. The summed E-state index contributed by atoms with van der Waals surface area (Å²) in [5.41, 5.74) is -0.548. The van der Waals surface area contributed by atoms with E-state index in [0.29, 0.717) is 57.8 Å². The van der Waals surface area contributed by atoms with Crippen LogP contribution in [0.4, 0.5) is 0 Å². The first-order valence-corrected chi connectivity index (χ1v) is 37.6. The first-order chi connectivity index (χ1) is 46.8. The monoisotopic (exact) mass is 1460 g/mol. The SMILES string of the molecule is C=P(OC)(OC[C@@H]1C[C@@H](OP(=C)(OC)OC[C@@H]2C[C@@H](OC(C)(C)C)CN2C(=O)CCCCOC2OC(CO)C(O)C(O)C2NC(C)=O)CN1C(=O)CCCCOC1OC(CO)C(O)C(O)C1NC(C)=O)O[C@@H]1C[C@@H](CC)N(C(=O)CCCCOC2OC(CO)C(O)C(O)C2NC(C)=O)C1. The van der Waals surface area contributed by atoms with Gasteiger partial charge in [-0.05, 0) is 97.6 Å². The molecule has 0 aliphatic carbocycles. The first kappa shape index (κ1) is 84.5. The normalized spacial score (nSPS) is 34.0.